The van der Waals surface area contributed by atoms with Gasteiger partial charge in [0.05, 0.1) is 14.2 Å². The van der Waals surface area contributed by atoms with Gasteiger partial charge in [-0.2, -0.15) is 9.97 Å². The van der Waals surface area contributed by atoms with Gasteiger partial charge < -0.3 is 19.4 Å². The zero-order chi connectivity index (χ0) is 21.9. The van der Waals surface area contributed by atoms with Crippen molar-refractivity contribution in [1.29, 1.82) is 0 Å². The first-order valence-electron chi connectivity index (χ1n) is 10.3. The first kappa shape index (κ1) is 19.6. The van der Waals surface area contributed by atoms with E-state index in [1.807, 2.05) is 78.9 Å². The molecular formula is C26H22N4O2. The average Bonchev–Trinajstić information content (AvgIpc) is 3.50. The Bertz CT molecular complexity index is 1240. The summed E-state index contributed by atoms with van der Waals surface area (Å²) in [4.78, 5) is 16.1. The maximum absolute atomic E-state index is 5.57. The molecule has 0 aliphatic heterocycles. The number of hydrogen-bond acceptors (Lipinski definition) is 4. The third-order valence-electron chi connectivity index (χ3n) is 5.26. The van der Waals surface area contributed by atoms with Crippen molar-refractivity contribution in [1.82, 2.24) is 19.9 Å². The van der Waals surface area contributed by atoms with Crippen LogP contribution in [0.1, 0.15) is 0 Å². The fourth-order valence-corrected chi connectivity index (χ4v) is 3.70. The minimum Gasteiger partial charge on any atom is -0.479 e. The number of benzene rings is 3. The number of nitrogens with one attached hydrogen (secondary N) is 2. The highest BCUT2D eigenvalue weighted by Gasteiger charge is 2.18. The highest BCUT2D eigenvalue weighted by Crippen LogP contribution is 2.36. The molecule has 3 aromatic carbocycles. The Morgan fingerprint density at radius 1 is 0.531 bits per heavy atom. The quantitative estimate of drug-likeness (QED) is 0.362. The Labute approximate surface area is 185 Å². The molecule has 2 heterocycles. The van der Waals surface area contributed by atoms with Gasteiger partial charge in [0.25, 0.3) is 0 Å². The minimum atomic E-state index is 0.544. The lowest BCUT2D eigenvalue weighted by Crippen LogP contribution is -1.89. The number of methoxy groups -OCH3 is 2. The van der Waals surface area contributed by atoms with Crippen LogP contribution in [0.4, 0.5) is 0 Å². The molecule has 0 bridgehead atoms. The minimum absolute atomic E-state index is 0.544. The normalized spacial score (nSPS) is 10.8. The Kier molecular flexibility index (Phi) is 5.17. The molecule has 2 aromatic heterocycles. The number of hydrogen-bond donors (Lipinski definition) is 2. The first-order chi connectivity index (χ1) is 15.8. The second-order valence-electron chi connectivity index (χ2n) is 7.25. The molecule has 5 rings (SSSR count). The Balaban J connectivity index is 1.57. The van der Waals surface area contributed by atoms with Gasteiger partial charge in [-0.1, -0.05) is 78.9 Å². The van der Waals surface area contributed by atoms with Crippen LogP contribution in [0.3, 0.4) is 0 Å². The van der Waals surface area contributed by atoms with E-state index in [0.29, 0.717) is 11.8 Å². The third kappa shape index (κ3) is 3.63. The maximum atomic E-state index is 5.57. The fraction of sp³-hybridized carbons (Fsp3) is 0.0769. The van der Waals surface area contributed by atoms with Gasteiger partial charge in [-0.25, -0.2) is 0 Å². The number of aromatic amines is 2. The molecule has 2 N–H and O–H groups in total. The van der Waals surface area contributed by atoms with Crippen LogP contribution in [-0.4, -0.2) is 34.2 Å². The van der Waals surface area contributed by atoms with Crippen molar-refractivity contribution < 1.29 is 9.47 Å². The smallest absolute Gasteiger partial charge is 0.240 e. The first-order valence-corrected chi connectivity index (χ1v) is 10.3. The van der Waals surface area contributed by atoms with Crippen molar-refractivity contribution >= 4 is 0 Å². The molecule has 0 radical (unpaired) electrons. The summed E-state index contributed by atoms with van der Waals surface area (Å²) in [6, 6.07) is 28.1. The van der Waals surface area contributed by atoms with E-state index in [1.54, 1.807) is 14.2 Å². The van der Waals surface area contributed by atoms with Gasteiger partial charge in [-0.3, -0.25) is 0 Å². The van der Waals surface area contributed by atoms with Crippen LogP contribution in [0.5, 0.6) is 11.8 Å². The second-order valence-corrected chi connectivity index (χ2v) is 7.25. The predicted molar refractivity (Wildman–Crippen MR) is 126 cm³/mol. The molecule has 32 heavy (non-hydrogen) atoms. The molecule has 158 valence electrons. The lowest BCUT2D eigenvalue weighted by molar-refractivity contribution is 0.402. The molecule has 5 aromatic rings. The number of rotatable bonds is 6. The van der Waals surface area contributed by atoms with Crippen LogP contribution < -0.4 is 9.47 Å². The molecule has 0 aliphatic rings. The van der Waals surface area contributed by atoms with Gasteiger partial charge in [-0.15, -0.1) is 0 Å². The average molecular weight is 422 g/mol. The van der Waals surface area contributed by atoms with Crippen molar-refractivity contribution in [3.05, 3.63) is 84.9 Å². The molecule has 0 atom stereocenters. The summed E-state index contributed by atoms with van der Waals surface area (Å²) in [5, 5.41) is 0. The molecular weight excluding hydrogens is 400 g/mol. The fourth-order valence-electron chi connectivity index (χ4n) is 3.70. The molecule has 6 heteroatoms. The summed E-state index contributed by atoms with van der Waals surface area (Å²) >= 11 is 0. The van der Waals surface area contributed by atoms with E-state index in [1.165, 1.54) is 0 Å². The largest absolute Gasteiger partial charge is 0.479 e. The van der Waals surface area contributed by atoms with Crippen LogP contribution in [0, 0.1) is 0 Å². The van der Waals surface area contributed by atoms with Crippen LogP contribution in [0.25, 0.3) is 45.3 Å². The standard InChI is InChI=1S/C26H22N4O2/c1-31-25-21(27-23(29-25)17-10-5-3-6-11-17)19-14-9-15-20(16-19)22-26(32-2)30-24(28-22)18-12-7-4-8-13-18/h3-16H,1-2H3,(H,27,29)(H,28,30). The predicted octanol–water partition coefficient (Wildman–Crippen LogP) is 5.82. The lowest BCUT2D eigenvalue weighted by Gasteiger charge is -2.05. The summed E-state index contributed by atoms with van der Waals surface area (Å²) in [5.74, 6) is 2.60. The van der Waals surface area contributed by atoms with Gasteiger partial charge in [0.15, 0.2) is 0 Å². The van der Waals surface area contributed by atoms with Gasteiger partial charge in [0.2, 0.25) is 11.8 Å². The molecule has 0 aliphatic carbocycles. The number of aromatic nitrogens is 4. The van der Waals surface area contributed by atoms with Gasteiger partial charge in [0, 0.05) is 22.3 Å². The molecule has 0 unspecified atom stereocenters. The second kappa shape index (κ2) is 8.43. The summed E-state index contributed by atoms with van der Waals surface area (Å²) in [6.45, 7) is 0. The zero-order valence-corrected chi connectivity index (χ0v) is 17.8. The summed E-state index contributed by atoms with van der Waals surface area (Å²) < 4.78 is 11.1. The van der Waals surface area contributed by atoms with E-state index in [9.17, 15) is 0 Å². The van der Waals surface area contributed by atoms with Gasteiger partial charge >= 0.3 is 0 Å². The van der Waals surface area contributed by atoms with Crippen molar-refractivity contribution in [2.45, 2.75) is 0 Å². The highest BCUT2D eigenvalue weighted by molar-refractivity contribution is 5.77. The Morgan fingerprint density at radius 2 is 0.938 bits per heavy atom. The van der Waals surface area contributed by atoms with Crippen molar-refractivity contribution in [3.8, 4) is 57.1 Å². The van der Waals surface area contributed by atoms with Gasteiger partial charge in [0.1, 0.15) is 23.0 Å². The van der Waals surface area contributed by atoms with E-state index >= 15 is 0 Å². The van der Waals surface area contributed by atoms with Crippen molar-refractivity contribution in [2.24, 2.45) is 0 Å². The van der Waals surface area contributed by atoms with Crippen LogP contribution >= 0.6 is 0 Å². The Hall–Kier alpha value is -4.32. The van der Waals surface area contributed by atoms with E-state index < -0.39 is 0 Å². The van der Waals surface area contributed by atoms with E-state index in [0.717, 1.165) is 45.3 Å². The van der Waals surface area contributed by atoms with E-state index in [-0.39, 0.29) is 0 Å². The molecule has 0 spiro atoms. The maximum Gasteiger partial charge on any atom is 0.240 e. The number of ether oxygens (including phenoxy) is 2. The molecule has 0 saturated carbocycles. The molecule has 0 saturated heterocycles. The zero-order valence-electron chi connectivity index (χ0n) is 17.8. The van der Waals surface area contributed by atoms with Crippen LogP contribution in [0.15, 0.2) is 84.9 Å². The van der Waals surface area contributed by atoms with Gasteiger partial charge in [-0.05, 0) is 6.07 Å². The molecule has 6 nitrogen and oxygen atoms in total. The highest BCUT2D eigenvalue weighted by atomic mass is 16.5. The number of H-pyrrole nitrogens is 2. The van der Waals surface area contributed by atoms with E-state index in [4.69, 9.17) is 9.47 Å². The van der Waals surface area contributed by atoms with Crippen LogP contribution in [0.2, 0.25) is 0 Å². The monoisotopic (exact) mass is 422 g/mol. The summed E-state index contributed by atoms with van der Waals surface area (Å²) in [7, 11) is 3.25. The van der Waals surface area contributed by atoms with E-state index in [2.05, 4.69) is 26.0 Å². The topological polar surface area (TPSA) is 75.8 Å². The number of imidazole rings is 2. The Morgan fingerprint density at radius 3 is 1.34 bits per heavy atom. The summed E-state index contributed by atoms with van der Waals surface area (Å²) in [6.07, 6.45) is 0. The molecule has 0 amide bonds. The molecule has 0 fully saturated rings. The van der Waals surface area contributed by atoms with Crippen molar-refractivity contribution in [2.75, 3.05) is 14.2 Å². The third-order valence-corrected chi connectivity index (χ3v) is 5.26. The van der Waals surface area contributed by atoms with Crippen LogP contribution in [-0.2, 0) is 0 Å². The lowest BCUT2D eigenvalue weighted by atomic mass is 10.1. The number of nitrogens with zero attached hydrogens (tertiary/aromatic N) is 2. The van der Waals surface area contributed by atoms with Crippen molar-refractivity contribution in [3.63, 3.8) is 0 Å². The summed E-state index contributed by atoms with van der Waals surface area (Å²) in [5.41, 5.74) is 5.52. The SMILES string of the molecule is COc1nc(-c2ccccc2)[nH]c1-c1cccc(-c2[nH]c(-c3ccccc3)nc2OC)c1.